The first-order valence-electron chi connectivity index (χ1n) is 9.23. The molecule has 3 rings (SSSR count). The van der Waals surface area contributed by atoms with Gasteiger partial charge in [-0.1, -0.05) is 17.7 Å². The summed E-state index contributed by atoms with van der Waals surface area (Å²) < 4.78 is 32.4. The van der Waals surface area contributed by atoms with E-state index in [9.17, 15) is 13.2 Å². The number of carbonyl (C=O) groups is 1. The summed E-state index contributed by atoms with van der Waals surface area (Å²) >= 11 is 0. The van der Waals surface area contributed by atoms with Crippen LogP contribution in [-0.4, -0.2) is 31.7 Å². The zero-order chi connectivity index (χ0) is 19.4. The van der Waals surface area contributed by atoms with Crippen LogP contribution in [0.15, 0.2) is 45.7 Å². The Morgan fingerprint density at radius 3 is 2.37 bits per heavy atom. The van der Waals surface area contributed by atoms with E-state index in [0.717, 1.165) is 17.1 Å². The lowest BCUT2D eigenvalue weighted by molar-refractivity contribution is -0.122. The lowest BCUT2D eigenvalue weighted by atomic mass is 9.94. The first-order valence-corrected chi connectivity index (χ1v) is 10.7. The molecular weight excluding hydrogens is 364 g/mol. The van der Waals surface area contributed by atoms with Crippen LogP contribution in [0.5, 0.6) is 0 Å². The molecule has 2 heterocycles. The fraction of sp³-hybridized carbons (Fsp3) is 0.450. The molecule has 1 amide bonds. The lowest BCUT2D eigenvalue weighted by Crippen LogP contribution is -2.39. The Hall–Kier alpha value is -2.12. The minimum atomic E-state index is -3.45. The zero-order valence-electron chi connectivity index (χ0n) is 15.8. The first kappa shape index (κ1) is 19.6. The molecule has 2 aromatic rings. The van der Waals surface area contributed by atoms with Crippen LogP contribution >= 0.6 is 0 Å². The van der Waals surface area contributed by atoms with Gasteiger partial charge in [0.25, 0.3) is 0 Å². The van der Waals surface area contributed by atoms with Crippen molar-refractivity contribution in [3.05, 3.63) is 53.5 Å². The van der Waals surface area contributed by atoms with Crippen molar-refractivity contribution in [2.24, 2.45) is 5.92 Å². The highest BCUT2D eigenvalue weighted by Gasteiger charge is 2.30. The molecule has 146 valence electrons. The van der Waals surface area contributed by atoms with Gasteiger partial charge in [0.05, 0.1) is 11.4 Å². The van der Waals surface area contributed by atoms with Gasteiger partial charge >= 0.3 is 0 Å². The van der Waals surface area contributed by atoms with Crippen molar-refractivity contribution in [1.29, 1.82) is 0 Å². The van der Waals surface area contributed by atoms with Crippen LogP contribution in [0, 0.1) is 19.8 Å². The average Bonchev–Trinajstić information content (AvgIpc) is 3.06. The van der Waals surface area contributed by atoms with Crippen molar-refractivity contribution < 1.29 is 17.6 Å². The van der Waals surface area contributed by atoms with E-state index in [2.05, 4.69) is 5.32 Å². The Kier molecular flexibility index (Phi) is 6.01. The summed E-state index contributed by atoms with van der Waals surface area (Å²) in [7, 11) is -3.45. The van der Waals surface area contributed by atoms with Crippen molar-refractivity contribution in [1.82, 2.24) is 9.62 Å². The minimum absolute atomic E-state index is 0.0242. The number of aryl methyl sites for hydroxylation is 2. The van der Waals surface area contributed by atoms with Gasteiger partial charge in [0.2, 0.25) is 15.9 Å². The third-order valence-corrected chi connectivity index (χ3v) is 6.88. The number of sulfonamides is 1. The third kappa shape index (κ3) is 4.99. The number of hydrogen-bond donors (Lipinski definition) is 1. The van der Waals surface area contributed by atoms with Gasteiger partial charge in [0, 0.05) is 19.5 Å². The first-order chi connectivity index (χ1) is 12.8. The van der Waals surface area contributed by atoms with E-state index in [1.807, 2.05) is 38.1 Å². The molecule has 1 fully saturated rings. The Morgan fingerprint density at radius 1 is 1.11 bits per heavy atom. The van der Waals surface area contributed by atoms with Crippen LogP contribution < -0.4 is 5.32 Å². The van der Waals surface area contributed by atoms with E-state index in [-0.39, 0.29) is 11.8 Å². The molecule has 7 heteroatoms. The van der Waals surface area contributed by atoms with Crippen LogP contribution in [0.1, 0.15) is 36.3 Å². The maximum absolute atomic E-state index is 12.7. The quantitative estimate of drug-likeness (QED) is 0.822. The number of nitrogens with zero attached hydrogens (tertiary/aromatic N) is 1. The predicted molar refractivity (Wildman–Crippen MR) is 103 cm³/mol. The second kappa shape index (κ2) is 8.27. The molecule has 0 unspecified atom stereocenters. The highest BCUT2D eigenvalue weighted by atomic mass is 32.2. The molecule has 1 saturated heterocycles. The summed E-state index contributed by atoms with van der Waals surface area (Å²) in [5.74, 6) is 1.73. The summed E-state index contributed by atoms with van der Waals surface area (Å²) in [5, 5.41) is 2.87. The molecule has 6 nitrogen and oxygen atoms in total. The van der Waals surface area contributed by atoms with Gasteiger partial charge in [-0.25, -0.2) is 8.42 Å². The average molecular weight is 391 g/mol. The van der Waals surface area contributed by atoms with E-state index >= 15 is 0 Å². The maximum atomic E-state index is 12.7. The van der Waals surface area contributed by atoms with Crippen LogP contribution in [-0.2, 0) is 21.4 Å². The number of rotatable bonds is 6. The van der Waals surface area contributed by atoms with Crippen LogP contribution in [0.25, 0.3) is 0 Å². The molecule has 27 heavy (non-hydrogen) atoms. The van der Waals surface area contributed by atoms with Gasteiger partial charge in [0.1, 0.15) is 11.5 Å². The second-order valence-electron chi connectivity index (χ2n) is 7.15. The van der Waals surface area contributed by atoms with Crippen molar-refractivity contribution >= 4 is 15.9 Å². The van der Waals surface area contributed by atoms with E-state index in [1.54, 1.807) is 12.1 Å². The molecule has 1 aromatic carbocycles. The molecule has 1 aromatic heterocycles. The number of nitrogens with one attached hydrogen (secondary N) is 1. The standard InChI is InChI=1S/C20H26N2O4S/c1-15-3-7-19(8-4-15)27(24,25)22-11-9-17(10-12-22)13-20(23)21-14-18-6-5-16(2)26-18/h3-8,17H,9-14H2,1-2H3,(H,21,23). The van der Waals surface area contributed by atoms with Crippen molar-refractivity contribution in [2.45, 2.75) is 44.6 Å². The summed E-state index contributed by atoms with van der Waals surface area (Å²) in [6.07, 6.45) is 1.80. The van der Waals surface area contributed by atoms with Crippen LogP contribution in [0.4, 0.5) is 0 Å². The number of carbonyl (C=O) groups excluding carboxylic acids is 1. The molecule has 0 spiro atoms. The SMILES string of the molecule is Cc1ccc(S(=O)(=O)N2CCC(CC(=O)NCc3ccc(C)o3)CC2)cc1. The normalized spacial score (nSPS) is 16.4. The molecular formula is C20H26N2O4S. The second-order valence-corrected chi connectivity index (χ2v) is 9.09. The lowest BCUT2D eigenvalue weighted by Gasteiger charge is -2.31. The maximum Gasteiger partial charge on any atom is 0.243 e. The van der Waals surface area contributed by atoms with E-state index < -0.39 is 10.0 Å². The van der Waals surface area contributed by atoms with Gasteiger partial charge in [-0.3, -0.25) is 4.79 Å². The van der Waals surface area contributed by atoms with Crippen LogP contribution in [0.3, 0.4) is 0 Å². The van der Waals surface area contributed by atoms with E-state index in [4.69, 9.17) is 4.42 Å². The van der Waals surface area contributed by atoms with E-state index in [0.29, 0.717) is 43.8 Å². The van der Waals surface area contributed by atoms with Crippen molar-refractivity contribution in [3.63, 3.8) is 0 Å². The highest BCUT2D eigenvalue weighted by molar-refractivity contribution is 7.89. The zero-order valence-corrected chi connectivity index (χ0v) is 16.6. The van der Waals surface area contributed by atoms with E-state index in [1.165, 1.54) is 4.31 Å². The molecule has 0 saturated carbocycles. The van der Waals surface area contributed by atoms with Crippen molar-refractivity contribution in [2.75, 3.05) is 13.1 Å². The molecule has 1 N–H and O–H groups in total. The highest BCUT2D eigenvalue weighted by Crippen LogP contribution is 2.25. The Bertz CT molecular complexity index is 879. The molecule has 0 atom stereocenters. The van der Waals surface area contributed by atoms with Gasteiger partial charge < -0.3 is 9.73 Å². The Morgan fingerprint density at radius 2 is 1.78 bits per heavy atom. The summed E-state index contributed by atoms with van der Waals surface area (Å²) in [6.45, 7) is 5.08. The summed E-state index contributed by atoms with van der Waals surface area (Å²) in [4.78, 5) is 12.5. The Labute approximate surface area is 160 Å². The molecule has 0 radical (unpaired) electrons. The monoisotopic (exact) mass is 390 g/mol. The van der Waals surface area contributed by atoms with Gasteiger partial charge in [-0.2, -0.15) is 4.31 Å². The summed E-state index contributed by atoms with van der Waals surface area (Å²) in [6, 6.07) is 10.6. The number of benzene rings is 1. The fourth-order valence-corrected chi connectivity index (χ4v) is 4.78. The van der Waals surface area contributed by atoms with Crippen molar-refractivity contribution in [3.8, 4) is 0 Å². The molecule has 0 aliphatic carbocycles. The molecule has 0 bridgehead atoms. The number of furan rings is 1. The largest absolute Gasteiger partial charge is 0.465 e. The fourth-order valence-electron chi connectivity index (χ4n) is 3.31. The number of amides is 1. The molecule has 1 aliphatic heterocycles. The van der Waals surface area contributed by atoms with Crippen LogP contribution in [0.2, 0.25) is 0 Å². The number of piperidine rings is 1. The topological polar surface area (TPSA) is 79.6 Å². The number of hydrogen-bond acceptors (Lipinski definition) is 4. The van der Waals surface area contributed by atoms with Gasteiger partial charge in [-0.15, -0.1) is 0 Å². The van der Waals surface area contributed by atoms with Gasteiger partial charge in [-0.05, 0) is 56.9 Å². The Balaban J connectivity index is 1.48. The smallest absolute Gasteiger partial charge is 0.243 e. The molecule has 1 aliphatic rings. The third-order valence-electron chi connectivity index (χ3n) is 4.96. The summed E-state index contributed by atoms with van der Waals surface area (Å²) in [5.41, 5.74) is 1.03. The minimum Gasteiger partial charge on any atom is -0.465 e. The van der Waals surface area contributed by atoms with Gasteiger partial charge in [0.15, 0.2) is 0 Å². The predicted octanol–water partition coefficient (Wildman–Crippen LogP) is 3.00.